The lowest BCUT2D eigenvalue weighted by atomic mass is 9.66. The fourth-order valence-corrected chi connectivity index (χ4v) is 5.26. The van der Waals surface area contributed by atoms with Crippen molar-refractivity contribution in [2.45, 2.75) is 50.5 Å². The van der Waals surface area contributed by atoms with Crippen molar-refractivity contribution in [3.8, 4) is 12.3 Å². The minimum atomic E-state index is -0.366. The van der Waals surface area contributed by atoms with Crippen molar-refractivity contribution in [1.82, 2.24) is 0 Å². The first-order valence-electron chi connectivity index (χ1n) is 9.08. The normalized spacial score (nSPS) is 27.2. The van der Waals surface area contributed by atoms with Crippen LogP contribution in [-0.4, -0.2) is 11.4 Å². The highest BCUT2D eigenvalue weighted by Crippen LogP contribution is 2.51. The van der Waals surface area contributed by atoms with Crippen LogP contribution in [-0.2, 0) is 10.3 Å². The molecule has 0 heterocycles. The molecule has 3 atom stereocenters. The van der Waals surface area contributed by atoms with E-state index in [1.807, 2.05) is 0 Å². The Kier molecular flexibility index (Phi) is 5.28. The van der Waals surface area contributed by atoms with Gasteiger partial charge in [-0.3, -0.25) is 0 Å². The average molecular weight is 399 g/mol. The van der Waals surface area contributed by atoms with Gasteiger partial charge in [0.15, 0.2) is 0 Å². The van der Waals surface area contributed by atoms with Gasteiger partial charge < -0.3 is 4.74 Å². The molecule has 0 radical (unpaired) electrons. The minimum Gasteiger partial charge on any atom is -0.356 e. The van der Waals surface area contributed by atoms with E-state index in [4.69, 9.17) is 11.2 Å². The summed E-state index contributed by atoms with van der Waals surface area (Å²) in [6.45, 7) is 7.35. The van der Waals surface area contributed by atoms with Crippen molar-refractivity contribution >= 4 is 26.7 Å². The summed E-state index contributed by atoms with van der Waals surface area (Å²) in [6.07, 6.45) is 8.78. The first-order chi connectivity index (χ1) is 11.9. The summed E-state index contributed by atoms with van der Waals surface area (Å²) in [5.74, 6) is 3.35. The van der Waals surface area contributed by atoms with Gasteiger partial charge in [0, 0.05) is 4.83 Å². The van der Waals surface area contributed by atoms with E-state index >= 15 is 0 Å². The van der Waals surface area contributed by atoms with Gasteiger partial charge in [-0.1, -0.05) is 85.1 Å². The Hall–Kier alpha value is -1.30. The minimum absolute atomic E-state index is 0.247. The Morgan fingerprint density at radius 2 is 1.92 bits per heavy atom. The molecule has 1 aliphatic rings. The van der Waals surface area contributed by atoms with E-state index in [1.165, 1.54) is 16.3 Å². The van der Waals surface area contributed by atoms with Gasteiger partial charge in [-0.05, 0) is 46.9 Å². The fraction of sp³-hybridized carbons (Fsp3) is 0.478. The van der Waals surface area contributed by atoms with E-state index < -0.39 is 0 Å². The van der Waals surface area contributed by atoms with E-state index in [0.29, 0.717) is 17.9 Å². The molecule has 1 saturated carbocycles. The first kappa shape index (κ1) is 18.5. The Bertz CT molecular complexity index is 777. The Labute approximate surface area is 160 Å². The monoisotopic (exact) mass is 398 g/mol. The molecule has 25 heavy (non-hydrogen) atoms. The highest BCUT2D eigenvalue weighted by molar-refractivity contribution is 9.09. The van der Waals surface area contributed by atoms with Crippen molar-refractivity contribution in [3.63, 3.8) is 0 Å². The molecule has 1 aliphatic carbocycles. The molecule has 0 N–H and O–H groups in total. The molecule has 0 bridgehead atoms. The summed E-state index contributed by atoms with van der Waals surface area (Å²) in [6, 6.07) is 15.1. The lowest BCUT2D eigenvalue weighted by molar-refractivity contribution is -0.0707. The molecule has 2 aromatic carbocycles. The summed E-state index contributed by atoms with van der Waals surface area (Å²) in [7, 11) is 0. The second-order valence-electron chi connectivity index (χ2n) is 8.21. The van der Waals surface area contributed by atoms with Crippen LogP contribution < -0.4 is 0 Å². The average Bonchev–Trinajstić information content (AvgIpc) is 2.59. The number of hydrogen-bond donors (Lipinski definition) is 0. The van der Waals surface area contributed by atoms with Crippen LogP contribution >= 0.6 is 15.9 Å². The molecule has 3 rings (SSSR count). The van der Waals surface area contributed by atoms with Crippen LogP contribution in [0.2, 0.25) is 0 Å². The summed E-state index contributed by atoms with van der Waals surface area (Å²) in [4.78, 5) is 0.247. The summed E-state index contributed by atoms with van der Waals surface area (Å²) >= 11 is 4.00. The van der Waals surface area contributed by atoms with E-state index in [1.54, 1.807) is 0 Å². The van der Waals surface area contributed by atoms with Crippen LogP contribution in [0, 0.1) is 23.7 Å². The van der Waals surface area contributed by atoms with E-state index in [2.05, 4.69) is 85.1 Å². The van der Waals surface area contributed by atoms with Crippen molar-refractivity contribution in [3.05, 3.63) is 48.0 Å². The molecule has 0 saturated heterocycles. The predicted molar refractivity (Wildman–Crippen MR) is 110 cm³/mol. The van der Waals surface area contributed by atoms with Gasteiger partial charge in [-0.2, -0.15) is 0 Å². The molecule has 2 aromatic rings. The van der Waals surface area contributed by atoms with Gasteiger partial charge in [-0.25, -0.2) is 0 Å². The highest BCUT2D eigenvalue weighted by Gasteiger charge is 2.47. The molecule has 1 nitrogen and oxygen atoms in total. The van der Waals surface area contributed by atoms with Gasteiger partial charge in [0.05, 0.1) is 0 Å². The molecule has 0 aliphatic heterocycles. The highest BCUT2D eigenvalue weighted by atomic mass is 79.9. The van der Waals surface area contributed by atoms with E-state index in [-0.39, 0.29) is 10.4 Å². The zero-order chi connectivity index (χ0) is 18.1. The lowest BCUT2D eigenvalue weighted by Crippen LogP contribution is -2.46. The zero-order valence-corrected chi connectivity index (χ0v) is 17.0. The molecule has 0 spiro atoms. The largest absolute Gasteiger partial charge is 0.356 e. The number of terminal acetylenes is 1. The number of alkyl halides is 1. The third-order valence-corrected chi connectivity index (χ3v) is 6.86. The molecule has 132 valence electrons. The molecule has 1 fully saturated rings. The number of hydrogen-bond acceptors (Lipinski definition) is 1. The van der Waals surface area contributed by atoms with Crippen LogP contribution in [0.5, 0.6) is 0 Å². The van der Waals surface area contributed by atoms with Gasteiger partial charge in [-0.15, -0.1) is 6.42 Å². The predicted octanol–water partition coefficient (Wildman–Crippen LogP) is 6.29. The SMILES string of the molecule is C#CCO[C@@]1(c2cccc3ccccc23)CC[C@@H](C(C)(C)C)C[C@@H]1Br. The standard InChI is InChI=1S/C23H27BrO/c1-5-15-25-23(14-13-18(16-21(23)24)22(2,3)4)20-12-8-10-17-9-6-7-11-19(17)20/h1,6-12,18,21H,13-16H2,2-4H3/t18-,21+,23-/m1/s1. The third-order valence-electron chi connectivity index (χ3n) is 5.74. The Morgan fingerprint density at radius 1 is 1.20 bits per heavy atom. The smallest absolute Gasteiger partial charge is 0.108 e. The number of halogens is 1. The molecule has 2 heteroatoms. The zero-order valence-electron chi connectivity index (χ0n) is 15.4. The quantitative estimate of drug-likeness (QED) is 0.435. The third kappa shape index (κ3) is 3.50. The Balaban J connectivity index is 2.07. The molecule has 0 amide bonds. The van der Waals surface area contributed by atoms with Crippen LogP contribution in [0.1, 0.15) is 45.6 Å². The first-order valence-corrected chi connectivity index (χ1v) is 10.00. The molecular weight excluding hydrogens is 372 g/mol. The molecular formula is C23H27BrO. The lowest BCUT2D eigenvalue weighted by Gasteiger charge is -2.47. The summed E-state index contributed by atoms with van der Waals surface area (Å²) in [5, 5.41) is 2.52. The van der Waals surface area contributed by atoms with Crippen LogP contribution in [0.25, 0.3) is 10.8 Å². The number of rotatable bonds is 3. The summed E-state index contributed by atoms with van der Waals surface area (Å²) < 4.78 is 6.40. The van der Waals surface area contributed by atoms with E-state index in [9.17, 15) is 0 Å². The van der Waals surface area contributed by atoms with Crippen molar-refractivity contribution in [1.29, 1.82) is 0 Å². The number of ether oxygens (including phenoxy) is 1. The van der Waals surface area contributed by atoms with Crippen LogP contribution in [0.4, 0.5) is 0 Å². The van der Waals surface area contributed by atoms with Crippen LogP contribution in [0.3, 0.4) is 0 Å². The van der Waals surface area contributed by atoms with Crippen molar-refractivity contribution in [2.24, 2.45) is 11.3 Å². The van der Waals surface area contributed by atoms with Crippen molar-refractivity contribution < 1.29 is 4.74 Å². The van der Waals surface area contributed by atoms with E-state index in [0.717, 1.165) is 19.3 Å². The van der Waals surface area contributed by atoms with Crippen LogP contribution in [0.15, 0.2) is 42.5 Å². The second kappa shape index (κ2) is 7.14. The maximum atomic E-state index is 6.40. The second-order valence-corrected chi connectivity index (χ2v) is 9.32. The maximum absolute atomic E-state index is 6.40. The fourth-order valence-electron chi connectivity index (χ4n) is 4.20. The number of benzene rings is 2. The van der Waals surface area contributed by atoms with Gasteiger partial charge in [0.2, 0.25) is 0 Å². The Morgan fingerprint density at radius 3 is 2.60 bits per heavy atom. The topological polar surface area (TPSA) is 9.23 Å². The maximum Gasteiger partial charge on any atom is 0.108 e. The summed E-state index contributed by atoms with van der Waals surface area (Å²) in [5.41, 5.74) is 1.20. The molecule has 0 aromatic heterocycles. The van der Waals surface area contributed by atoms with Crippen molar-refractivity contribution in [2.75, 3.05) is 6.61 Å². The van der Waals surface area contributed by atoms with Gasteiger partial charge >= 0.3 is 0 Å². The van der Waals surface area contributed by atoms with Gasteiger partial charge in [0.1, 0.15) is 12.2 Å². The van der Waals surface area contributed by atoms with Gasteiger partial charge in [0.25, 0.3) is 0 Å². The molecule has 0 unspecified atom stereocenters. The number of fused-ring (bicyclic) bond motifs is 1.